The minimum Gasteiger partial charge on any atom is -0.326 e. The van der Waals surface area contributed by atoms with E-state index in [0.29, 0.717) is 18.4 Å². The van der Waals surface area contributed by atoms with Gasteiger partial charge in [0.2, 0.25) is 5.91 Å². The normalized spacial score (nSPS) is 21.1. The lowest BCUT2D eigenvalue weighted by Crippen LogP contribution is -2.31. The van der Waals surface area contributed by atoms with Crippen LogP contribution in [0, 0.1) is 5.92 Å². The highest BCUT2D eigenvalue weighted by atomic mass is 16.1. The second-order valence-corrected chi connectivity index (χ2v) is 4.80. The van der Waals surface area contributed by atoms with Crippen LogP contribution in [-0.4, -0.2) is 18.5 Å². The van der Waals surface area contributed by atoms with Crippen molar-refractivity contribution in [2.45, 2.75) is 32.2 Å². The van der Waals surface area contributed by atoms with E-state index in [2.05, 4.69) is 17.6 Å². The summed E-state index contributed by atoms with van der Waals surface area (Å²) in [6.45, 7) is 3.24. The summed E-state index contributed by atoms with van der Waals surface area (Å²) in [4.78, 5) is 11.8. The average Bonchev–Trinajstić information content (AvgIpc) is 2.83. The third-order valence-electron chi connectivity index (χ3n) is 3.35. The molecule has 2 atom stereocenters. The Morgan fingerprint density at radius 3 is 2.88 bits per heavy atom. The third kappa shape index (κ3) is 3.56. The Morgan fingerprint density at radius 1 is 1.47 bits per heavy atom. The second kappa shape index (κ2) is 5.82. The number of anilines is 1. The van der Waals surface area contributed by atoms with Crippen molar-refractivity contribution in [1.29, 1.82) is 0 Å². The molecule has 0 spiro atoms. The molecule has 1 aliphatic heterocycles. The molecule has 1 aliphatic rings. The molecule has 3 nitrogen and oxygen atoms in total. The van der Waals surface area contributed by atoms with Gasteiger partial charge in [-0.2, -0.15) is 0 Å². The summed E-state index contributed by atoms with van der Waals surface area (Å²) in [6, 6.07) is 10.1. The van der Waals surface area contributed by atoms with Crippen molar-refractivity contribution < 1.29 is 4.79 Å². The predicted octanol–water partition coefficient (Wildman–Crippen LogP) is 2.40. The van der Waals surface area contributed by atoms with Gasteiger partial charge in [-0.05, 0) is 37.4 Å². The Bertz CT molecular complexity index is 358. The van der Waals surface area contributed by atoms with E-state index >= 15 is 0 Å². The van der Waals surface area contributed by atoms with E-state index in [1.54, 1.807) is 0 Å². The van der Waals surface area contributed by atoms with Crippen LogP contribution >= 0.6 is 0 Å². The number of carbonyl (C=O) groups excluding carboxylic acids is 1. The number of amides is 1. The van der Waals surface area contributed by atoms with Gasteiger partial charge in [-0.3, -0.25) is 4.79 Å². The topological polar surface area (TPSA) is 41.1 Å². The lowest BCUT2D eigenvalue weighted by atomic mass is 9.96. The van der Waals surface area contributed by atoms with Gasteiger partial charge in [-0.15, -0.1) is 0 Å². The lowest BCUT2D eigenvalue weighted by molar-refractivity contribution is -0.117. The first kappa shape index (κ1) is 12.1. The Kier molecular flexibility index (Phi) is 4.15. The number of nitrogens with one attached hydrogen (secondary N) is 2. The molecule has 0 unspecified atom stereocenters. The summed E-state index contributed by atoms with van der Waals surface area (Å²) in [6.07, 6.45) is 3.02. The van der Waals surface area contributed by atoms with Gasteiger partial charge in [0.25, 0.3) is 0 Å². The number of hydrogen-bond acceptors (Lipinski definition) is 2. The smallest absolute Gasteiger partial charge is 0.224 e. The molecule has 0 aliphatic carbocycles. The Hall–Kier alpha value is -1.35. The van der Waals surface area contributed by atoms with Crippen LogP contribution < -0.4 is 10.6 Å². The Morgan fingerprint density at radius 2 is 2.24 bits per heavy atom. The fraction of sp³-hybridized carbons (Fsp3) is 0.500. The summed E-state index contributed by atoms with van der Waals surface area (Å²) >= 11 is 0. The van der Waals surface area contributed by atoms with Gasteiger partial charge in [0.1, 0.15) is 0 Å². The van der Waals surface area contributed by atoms with Crippen molar-refractivity contribution in [1.82, 2.24) is 5.32 Å². The van der Waals surface area contributed by atoms with Gasteiger partial charge in [0, 0.05) is 18.2 Å². The number of para-hydroxylation sites is 1. The highest BCUT2D eigenvalue weighted by Gasteiger charge is 2.22. The van der Waals surface area contributed by atoms with Crippen LogP contribution in [0.4, 0.5) is 5.69 Å². The summed E-state index contributed by atoms with van der Waals surface area (Å²) < 4.78 is 0. The van der Waals surface area contributed by atoms with E-state index in [1.807, 2.05) is 30.3 Å². The molecular formula is C14H20N2O. The van der Waals surface area contributed by atoms with Crippen LogP contribution in [-0.2, 0) is 4.79 Å². The first-order valence-corrected chi connectivity index (χ1v) is 6.34. The molecule has 17 heavy (non-hydrogen) atoms. The first-order valence-electron chi connectivity index (χ1n) is 6.34. The molecule has 0 radical (unpaired) electrons. The summed E-state index contributed by atoms with van der Waals surface area (Å²) in [5, 5.41) is 6.38. The average molecular weight is 232 g/mol. The zero-order valence-corrected chi connectivity index (χ0v) is 10.3. The molecule has 92 valence electrons. The van der Waals surface area contributed by atoms with Gasteiger partial charge in [-0.1, -0.05) is 25.1 Å². The molecule has 0 aromatic heterocycles. The predicted molar refractivity (Wildman–Crippen MR) is 69.9 cm³/mol. The van der Waals surface area contributed by atoms with Crippen LogP contribution in [0.15, 0.2) is 30.3 Å². The molecule has 1 aromatic rings. The first-order chi connectivity index (χ1) is 8.25. The van der Waals surface area contributed by atoms with Gasteiger partial charge in [-0.25, -0.2) is 0 Å². The quantitative estimate of drug-likeness (QED) is 0.837. The van der Waals surface area contributed by atoms with Crippen LogP contribution in [0.5, 0.6) is 0 Å². The fourth-order valence-electron chi connectivity index (χ4n) is 2.37. The minimum atomic E-state index is 0.109. The highest BCUT2D eigenvalue weighted by Crippen LogP contribution is 2.18. The van der Waals surface area contributed by atoms with Gasteiger partial charge < -0.3 is 10.6 Å². The lowest BCUT2D eigenvalue weighted by Gasteiger charge is -2.18. The monoisotopic (exact) mass is 232 g/mol. The molecule has 0 saturated carbocycles. The number of carbonyl (C=O) groups is 1. The van der Waals surface area contributed by atoms with Gasteiger partial charge in [0.15, 0.2) is 0 Å². The summed E-state index contributed by atoms with van der Waals surface area (Å²) in [7, 11) is 0. The molecule has 2 rings (SSSR count). The molecule has 1 saturated heterocycles. The largest absolute Gasteiger partial charge is 0.326 e. The van der Waals surface area contributed by atoms with E-state index in [-0.39, 0.29) is 5.91 Å². The van der Waals surface area contributed by atoms with Gasteiger partial charge >= 0.3 is 0 Å². The molecule has 1 fully saturated rings. The van der Waals surface area contributed by atoms with Crippen molar-refractivity contribution in [3.63, 3.8) is 0 Å². The molecule has 1 amide bonds. The van der Waals surface area contributed by atoms with Crippen LogP contribution in [0.3, 0.4) is 0 Å². The molecular weight excluding hydrogens is 212 g/mol. The van der Waals surface area contributed by atoms with E-state index < -0.39 is 0 Å². The van der Waals surface area contributed by atoms with E-state index in [4.69, 9.17) is 0 Å². The maximum Gasteiger partial charge on any atom is 0.224 e. The molecule has 2 N–H and O–H groups in total. The fourth-order valence-corrected chi connectivity index (χ4v) is 2.37. The van der Waals surface area contributed by atoms with E-state index in [1.165, 1.54) is 12.8 Å². The van der Waals surface area contributed by atoms with E-state index in [9.17, 15) is 4.79 Å². The van der Waals surface area contributed by atoms with E-state index in [0.717, 1.165) is 12.2 Å². The maximum absolute atomic E-state index is 11.8. The van der Waals surface area contributed by atoms with Crippen LogP contribution in [0.1, 0.15) is 26.2 Å². The van der Waals surface area contributed by atoms with Crippen molar-refractivity contribution in [2.75, 3.05) is 11.9 Å². The summed E-state index contributed by atoms with van der Waals surface area (Å²) in [5.74, 6) is 0.513. The molecule has 1 heterocycles. The zero-order chi connectivity index (χ0) is 12.1. The number of rotatable bonds is 4. The van der Waals surface area contributed by atoms with Crippen molar-refractivity contribution in [3.05, 3.63) is 30.3 Å². The van der Waals surface area contributed by atoms with Crippen molar-refractivity contribution in [3.8, 4) is 0 Å². The summed E-state index contributed by atoms with van der Waals surface area (Å²) in [5.41, 5.74) is 0.879. The van der Waals surface area contributed by atoms with Crippen molar-refractivity contribution >= 4 is 11.6 Å². The molecule has 3 heteroatoms. The number of benzene rings is 1. The SMILES string of the molecule is C[C@H](CC(=O)Nc1ccccc1)[C@@H]1CCCN1. The maximum atomic E-state index is 11.8. The number of hydrogen-bond donors (Lipinski definition) is 2. The minimum absolute atomic E-state index is 0.109. The van der Waals surface area contributed by atoms with Gasteiger partial charge in [0.05, 0.1) is 0 Å². The standard InChI is InChI=1S/C14H20N2O/c1-11(13-8-5-9-15-13)10-14(17)16-12-6-3-2-4-7-12/h2-4,6-7,11,13,15H,5,8-10H2,1H3,(H,16,17)/t11-,13+/m1/s1. The zero-order valence-electron chi connectivity index (χ0n) is 10.3. The third-order valence-corrected chi connectivity index (χ3v) is 3.35. The molecule has 0 bridgehead atoms. The second-order valence-electron chi connectivity index (χ2n) is 4.80. The highest BCUT2D eigenvalue weighted by molar-refractivity contribution is 5.90. The Labute approximate surface area is 103 Å². The van der Waals surface area contributed by atoms with Crippen LogP contribution in [0.2, 0.25) is 0 Å². The Balaban J connectivity index is 1.80. The van der Waals surface area contributed by atoms with Crippen LogP contribution in [0.25, 0.3) is 0 Å². The van der Waals surface area contributed by atoms with Crippen molar-refractivity contribution in [2.24, 2.45) is 5.92 Å². The molecule has 1 aromatic carbocycles.